The highest BCUT2D eigenvalue weighted by atomic mass is 79.9. The second-order valence-electron chi connectivity index (χ2n) is 4.16. The molecule has 1 aromatic heterocycles. The molecule has 0 aliphatic rings. The smallest absolute Gasteiger partial charge is 0.253 e. The molecular weight excluding hydrogens is 372 g/mol. The molecule has 0 bridgehead atoms. The van der Waals surface area contributed by atoms with E-state index in [2.05, 4.69) is 31.2 Å². The van der Waals surface area contributed by atoms with Crippen molar-refractivity contribution < 1.29 is 9.53 Å². The van der Waals surface area contributed by atoms with Gasteiger partial charge in [0.2, 0.25) is 5.91 Å². The predicted molar refractivity (Wildman–Crippen MR) is 89.3 cm³/mol. The zero-order valence-corrected chi connectivity index (χ0v) is 14.0. The van der Waals surface area contributed by atoms with Crippen LogP contribution in [0.1, 0.15) is 0 Å². The molecule has 0 fully saturated rings. The van der Waals surface area contributed by atoms with E-state index >= 15 is 0 Å². The second-order valence-corrected chi connectivity index (χ2v) is 5.98. The van der Waals surface area contributed by atoms with E-state index in [1.54, 1.807) is 25.3 Å². The Labute approximate surface area is 138 Å². The van der Waals surface area contributed by atoms with Crippen molar-refractivity contribution in [2.45, 2.75) is 5.16 Å². The summed E-state index contributed by atoms with van der Waals surface area (Å²) in [5.74, 6) is 0.655. The average Bonchev–Trinajstić information content (AvgIpc) is 2.44. The van der Waals surface area contributed by atoms with E-state index in [0.29, 0.717) is 16.6 Å². The van der Waals surface area contributed by atoms with Crippen molar-refractivity contribution >= 4 is 45.1 Å². The molecule has 0 atom stereocenters. The molecule has 1 heterocycles. The Morgan fingerprint density at radius 3 is 2.91 bits per heavy atom. The van der Waals surface area contributed by atoms with E-state index in [0.717, 1.165) is 16.2 Å². The number of methoxy groups -OCH3 is 1. The third-order valence-corrected chi connectivity index (χ3v) is 4.01. The summed E-state index contributed by atoms with van der Waals surface area (Å²) in [5, 5.41) is 3.04. The molecule has 2 aromatic rings. The summed E-state index contributed by atoms with van der Waals surface area (Å²) < 4.78 is 5.85. The van der Waals surface area contributed by atoms with E-state index in [4.69, 9.17) is 10.5 Å². The van der Waals surface area contributed by atoms with Gasteiger partial charge in [-0.3, -0.25) is 9.59 Å². The predicted octanol–water partition coefficient (Wildman–Crippen LogP) is 1.85. The fraction of sp³-hybridized carbons (Fsp3) is 0.154. The average molecular weight is 385 g/mol. The molecule has 2 rings (SSSR count). The number of anilines is 2. The van der Waals surface area contributed by atoms with Gasteiger partial charge in [-0.15, -0.1) is 0 Å². The molecule has 9 heteroatoms. The van der Waals surface area contributed by atoms with Crippen LogP contribution in [0.2, 0.25) is 0 Å². The van der Waals surface area contributed by atoms with Gasteiger partial charge in [-0.25, -0.2) is 4.98 Å². The van der Waals surface area contributed by atoms with Crippen LogP contribution in [0.3, 0.4) is 0 Å². The Hall–Kier alpha value is -2.00. The molecule has 0 saturated carbocycles. The number of rotatable bonds is 5. The minimum atomic E-state index is -0.352. The van der Waals surface area contributed by atoms with Gasteiger partial charge in [-0.1, -0.05) is 11.8 Å². The van der Waals surface area contributed by atoms with Crippen LogP contribution in [-0.4, -0.2) is 28.7 Å². The number of aromatic nitrogens is 2. The fourth-order valence-corrected chi connectivity index (χ4v) is 2.82. The normalized spacial score (nSPS) is 10.3. The van der Waals surface area contributed by atoms with Gasteiger partial charge < -0.3 is 20.8 Å². The zero-order valence-electron chi connectivity index (χ0n) is 11.6. The first-order valence-corrected chi connectivity index (χ1v) is 7.89. The van der Waals surface area contributed by atoms with Gasteiger partial charge in [-0.2, -0.15) is 0 Å². The lowest BCUT2D eigenvalue weighted by atomic mass is 10.3. The highest BCUT2D eigenvalue weighted by Crippen LogP contribution is 2.27. The number of aromatic amines is 1. The first kappa shape index (κ1) is 16.4. The summed E-state index contributed by atoms with van der Waals surface area (Å²) in [5.41, 5.74) is 5.75. The molecule has 0 unspecified atom stereocenters. The monoisotopic (exact) mass is 384 g/mol. The van der Waals surface area contributed by atoms with Crippen LogP contribution in [0.4, 0.5) is 11.5 Å². The lowest BCUT2D eigenvalue weighted by Gasteiger charge is -2.08. The minimum Gasteiger partial charge on any atom is -0.496 e. The highest BCUT2D eigenvalue weighted by Gasteiger charge is 2.08. The third-order valence-electron chi connectivity index (χ3n) is 2.52. The van der Waals surface area contributed by atoms with Crippen LogP contribution in [-0.2, 0) is 4.79 Å². The summed E-state index contributed by atoms with van der Waals surface area (Å²) in [6.45, 7) is 0. The Morgan fingerprint density at radius 2 is 2.27 bits per heavy atom. The number of H-pyrrole nitrogens is 1. The molecule has 1 amide bonds. The van der Waals surface area contributed by atoms with Gasteiger partial charge in [-0.05, 0) is 34.1 Å². The van der Waals surface area contributed by atoms with Gasteiger partial charge in [0.25, 0.3) is 5.56 Å². The topological polar surface area (TPSA) is 110 Å². The van der Waals surface area contributed by atoms with Crippen molar-refractivity contribution in [2.75, 3.05) is 23.9 Å². The number of thioether (sulfide) groups is 1. The number of amides is 1. The number of ether oxygens (including phenoxy) is 1. The highest BCUT2D eigenvalue weighted by molar-refractivity contribution is 9.10. The fourth-order valence-electron chi connectivity index (χ4n) is 1.60. The van der Waals surface area contributed by atoms with Gasteiger partial charge in [0, 0.05) is 11.8 Å². The van der Waals surface area contributed by atoms with Crippen LogP contribution < -0.4 is 21.3 Å². The molecule has 0 aliphatic carbocycles. The van der Waals surface area contributed by atoms with Crippen molar-refractivity contribution in [3.8, 4) is 5.75 Å². The zero-order chi connectivity index (χ0) is 16.1. The van der Waals surface area contributed by atoms with Gasteiger partial charge in [0.1, 0.15) is 11.6 Å². The van der Waals surface area contributed by atoms with Gasteiger partial charge in [0.15, 0.2) is 5.16 Å². The van der Waals surface area contributed by atoms with E-state index < -0.39 is 0 Å². The first-order chi connectivity index (χ1) is 10.5. The number of carbonyl (C=O) groups is 1. The van der Waals surface area contributed by atoms with E-state index in [1.807, 2.05) is 0 Å². The SMILES string of the molecule is COc1ccc(NC(=O)CSc2nc(N)cc(=O)[nH]2)cc1Br. The second kappa shape index (κ2) is 7.32. The third kappa shape index (κ3) is 4.50. The Morgan fingerprint density at radius 1 is 1.50 bits per heavy atom. The summed E-state index contributed by atoms with van der Waals surface area (Å²) >= 11 is 4.44. The number of hydrogen-bond donors (Lipinski definition) is 3. The van der Waals surface area contributed by atoms with Crippen LogP contribution in [0.5, 0.6) is 5.75 Å². The Kier molecular flexibility index (Phi) is 5.45. The maximum Gasteiger partial charge on any atom is 0.253 e. The molecule has 4 N–H and O–H groups in total. The molecule has 22 heavy (non-hydrogen) atoms. The van der Waals surface area contributed by atoms with Crippen LogP contribution in [0.25, 0.3) is 0 Å². The van der Waals surface area contributed by atoms with E-state index in [1.165, 1.54) is 6.07 Å². The Bertz CT molecular complexity index is 750. The number of nitrogens with one attached hydrogen (secondary N) is 2. The number of nitrogens with two attached hydrogens (primary N) is 1. The van der Waals surface area contributed by atoms with Crippen LogP contribution in [0, 0.1) is 0 Å². The molecule has 0 aliphatic heterocycles. The minimum absolute atomic E-state index is 0.0933. The number of nitrogen functional groups attached to an aromatic ring is 1. The summed E-state index contributed by atoms with van der Waals surface area (Å²) in [6, 6.07) is 6.39. The van der Waals surface area contributed by atoms with Gasteiger partial charge >= 0.3 is 0 Å². The van der Waals surface area contributed by atoms with Crippen molar-refractivity contribution in [2.24, 2.45) is 0 Å². The Balaban J connectivity index is 1.95. The van der Waals surface area contributed by atoms with Crippen LogP contribution >= 0.6 is 27.7 Å². The lowest BCUT2D eigenvalue weighted by molar-refractivity contribution is -0.113. The maximum atomic E-state index is 11.9. The molecular formula is C13H13BrN4O3S. The lowest BCUT2D eigenvalue weighted by Crippen LogP contribution is -2.15. The summed E-state index contributed by atoms with van der Waals surface area (Å²) in [7, 11) is 1.56. The van der Waals surface area contributed by atoms with E-state index in [9.17, 15) is 9.59 Å². The quantitative estimate of drug-likeness (QED) is 0.535. The summed E-state index contributed by atoms with van der Waals surface area (Å²) in [6.07, 6.45) is 0. The first-order valence-electron chi connectivity index (χ1n) is 6.11. The van der Waals surface area contributed by atoms with Crippen LogP contribution in [0.15, 0.2) is 38.7 Å². The standard InChI is InChI=1S/C13H13BrN4O3S/c1-21-9-3-2-7(4-8(9)14)16-12(20)6-22-13-17-10(15)5-11(19)18-13/h2-5H,6H2,1H3,(H,16,20)(H3,15,17,18,19). The molecule has 7 nitrogen and oxygen atoms in total. The van der Waals surface area contributed by atoms with Gasteiger partial charge in [0.05, 0.1) is 17.3 Å². The molecule has 0 radical (unpaired) electrons. The molecule has 1 aromatic carbocycles. The number of benzene rings is 1. The largest absolute Gasteiger partial charge is 0.496 e. The number of nitrogens with zero attached hydrogens (tertiary/aromatic N) is 1. The van der Waals surface area contributed by atoms with Crippen molar-refractivity contribution in [1.82, 2.24) is 9.97 Å². The van der Waals surface area contributed by atoms with Crippen molar-refractivity contribution in [3.05, 3.63) is 39.1 Å². The molecule has 116 valence electrons. The number of hydrogen-bond acceptors (Lipinski definition) is 6. The van der Waals surface area contributed by atoms with Crippen molar-refractivity contribution in [3.63, 3.8) is 0 Å². The maximum absolute atomic E-state index is 11.9. The van der Waals surface area contributed by atoms with Crippen molar-refractivity contribution in [1.29, 1.82) is 0 Å². The molecule has 0 saturated heterocycles. The summed E-state index contributed by atoms with van der Waals surface area (Å²) in [4.78, 5) is 29.6. The number of halogens is 1. The van der Waals surface area contributed by atoms with E-state index in [-0.39, 0.29) is 23.0 Å². The number of carbonyl (C=O) groups excluding carboxylic acids is 1. The molecule has 0 spiro atoms.